The largest absolute Gasteiger partial charge is 0.497 e. The van der Waals surface area contributed by atoms with E-state index < -0.39 is 0 Å². The summed E-state index contributed by atoms with van der Waals surface area (Å²) in [5.41, 5.74) is 3.28. The first-order chi connectivity index (χ1) is 9.29. The number of nitrogens with one attached hydrogen (secondary N) is 1. The lowest BCUT2D eigenvalue weighted by Gasteiger charge is -2.45. The van der Waals surface area contributed by atoms with E-state index in [1.54, 1.807) is 7.11 Å². The average Bonchev–Trinajstić information content (AvgIpc) is 2.36. The van der Waals surface area contributed by atoms with Crippen molar-refractivity contribution in [3.63, 3.8) is 0 Å². The second kappa shape index (κ2) is 5.23. The Morgan fingerprint density at radius 1 is 1.15 bits per heavy atom. The summed E-state index contributed by atoms with van der Waals surface area (Å²) in [6.45, 7) is 8.74. The molecule has 0 amide bonds. The Morgan fingerprint density at radius 3 is 2.25 bits per heavy atom. The molecule has 2 N–H and O–H groups in total. The maximum atomic E-state index is 9.81. The fraction of sp³-hybridized carbons (Fsp3) is 0.529. The molecule has 0 saturated carbocycles. The van der Waals surface area contributed by atoms with Crippen molar-refractivity contribution in [3.05, 3.63) is 35.4 Å². The zero-order chi connectivity index (χ0) is 15.0. The molecule has 0 aliphatic carbocycles. The van der Waals surface area contributed by atoms with Crippen LogP contribution < -0.4 is 10.1 Å². The highest BCUT2D eigenvalue weighted by molar-refractivity contribution is 5.73. The molecule has 2 rings (SSSR count). The van der Waals surface area contributed by atoms with Crippen LogP contribution in [0.25, 0.3) is 5.57 Å². The summed E-state index contributed by atoms with van der Waals surface area (Å²) in [6.07, 6.45) is 0.901. The second-order valence-corrected chi connectivity index (χ2v) is 6.65. The molecule has 3 heteroatoms. The molecule has 110 valence electrons. The van der Waals surface area contributed by atoms with Gasteiger partial charge in [-0.05, 0) is 63.0 Å². The number of hydrogen-bond donors (Lipinski definition) is 2. The highest BCUT2D eigenvalue weighted by Crippen LogP contribution is 2.38. The minimum absolute atomic E-state index is 0.0113. The third-order valence-corrected chi connectivity index (χ3v) is 3.98. The highest BCUT2D eigenvalue weighted by atomic mass is 16.5. The zero-order valence-corrected chi connectivity index (χ0v) is 13.1. The van der Waals surface area contributed by atoms with Crippen molar-refractivity contribution < 1.29 is 9.84 Å². The van der Waals surface area contributed by atoms with Crippen LogP contribution in [0.4, 0.5) is 0 Å². The molecule has 1 aromatic carbocycles. The lowest BCUT2D eigenvalue weighted by Crippen LogP contribution is -2.57. The van der Waals surface area contributed by atoms with Crippen LogP contribution in [0.1, 0.15) is 39.7 Å². The monoisotopic (exact) mass is 275 g/mol. The van der Waals surface area contributed by atoms with Gasteiger partial charge in [-0.25, -0.2) is 0 Å². The number of aliphatic hydroxyl groups excluding tert-OH is 1. The van der Waals surface area contributed by atoms with Gasteiger partial charge in [-0.15, -0.1) is 0 Å². The average molecular weight is 275 g/mol. The number of ether oxygens (including phenoxy) is 1. The van der Waals surface area contributed by atoms with Crippen molar-refractivity contribution in [2.75, 3.05) is 13.7 Å². The Labute approximate surface area is 121 Å². The molecule has 0 spiro atoms. The molecule has 0 fully saturated rings. The van der Waals surface area contributed by atoms with Gasteiger partial charge in [0.2, 0.25) is 0 Å². The Bertz CT molecular complexity index is 512. The molecule has 0 radical (unpaired) electrons. The first-order valence-electron chi connectivity index (χ1n) is 7.06. The van der Waals surface area contributed by atoms with Gasteiger partial charge in [-0.1, -0.05) is 12.1 Å². The molecule has 20 heavy (non-hydrogen) atoms. The molecule has 0 aromatic heterocycles. The molecule has 3 nitrogen and oxygen atoms in total. The van der Waals surface area contributed by atoms with Crippen molar-refractivity contribution in [3.8, 4) is 5.75 Å². The number of methoxy groups -OCH3 is 1. The van der Waals surface area contributed by atoms with Crippen molar-refractivity contribution in [1.29, 1.82) is 0 Å². The number of benzene rings is 1. The van der Waals surface area contributed by atoms with Crippen molar-refractivity contribution >= 4 is 5.57 Å². The zero-order valence-electron chi connectivity index (χ0n) is 13.1. The molecule has 0 unspecified atom stereocenters. The SMILES string of the molecule is COc1ccc(C2=C(CO)C(C)(C)NC(C)(C)C2)cc1. The standard InChI is InChI=1S/C17H25NO2/c1-16(2)10-14(15(11-19)17(3,4)18-16)12-6-8-13(20-5)9-7-12/h6-9,18-19H,10-11H2,1-5H3. The van der Waals surface area contributed by atoms with Gasteiger partial charge >= 0.3 is 0 Å². The minimum atomic E-state index is -0.203. The molecule has 0 saturated heterocycles. The molecular weight excluding hydrogens is 250 g/mol. The maximum Gasteiger partial charge on any atom is 0.118 e. The van der Waals surface area contributed by atoms with E-state index in [2.05, 4.69) is 45.1 Å². The van der Waals surface area contributed by atoms with E-state index in [1.807, 2.05) is 12.1 Å². The lowest BCUT2D eigenvalue weighted by molar-refractivity contribution is 0.242. The molecule has 0 bridgehead atoms. The van der Waals surface area contributed by atoms with E-state index in [0.29, 0.717) is 0 Å². The van der Waals surface area contributed by atoms with E-state index in [9.17, 15) is 5.11 Å². The summed E-state index contributed by atoms with van der Waals surface area (Å²) in [4.78, 5) is 0. The molecular formula is C17H25NO2. The molecule has 0 atom stereocenters. The van der Waals surface area contributed by atoms with Crippen LogP contribution in [-0.2, 0) is 0 Å². The fourth-order valence-corrected chi connectivity index (χ4v) is 3.25. The summed E-state index contributed by atoms with van der Waals surface area (Å²) in [7, 11) is 1.67. The fourth-order valence-electron chi connectivity index (χ4n) is 3.25. The van der Waals surface area contributed by atoms with Crippen molar-refractivity contribution in [2.24, 2.45) is 0 Å². The Balaban J connectivity index is 2.51. The van der Waals surface area contributed by atoms with Gasteiger partial charge in [0, 0.05) is 11.1 Å². The van der Waals surface area contributed by atoms with Gasteiger partial charge in [0.05, 0.1) is 13.7 Å². The highest BCUT2D eigenvalue weighted by Gasteiger charge is 2.38. The van der Waals surface area contributed by atoms with Crippen LogP contribution in [0.3, 0.4) is 0 Å². The van der Waals surface area contributed by atoms with Crippen LogP contribution in [0, 0.1) is 0 Å². The van der Waals surface area contributed by atoms with Crippen LogP contribution in [-0.4, -0.2) is 29.9 Å². The van der Waals surface area contributed by atoms with Gasteiger partial charge in [-0.2, -0.15) is 0 Å². The lowest BCUT2D eigenvalue weighted by atomic mass is 9.75. The quantitative estimate of drug-likeness (QED) is 0.891. The van der Waals surface area contributed by atoms with Gasteiger partial charge < -0.3 is 15.2 Å². The number of rotatable bonds is 3. The van der Waals surface area contributed by atoms with Crippen LogP contribution >= 0.6 is 0 Å². The first kappa shape index (κ1) is 15.1. The molecule has 1 aliphatic heterocycles. The summed E-state index contributed by atoms with van der Waals surface area (Å²) < 4.78 is 5.21. The van der Waals surface area contributed by atoms with E-state index >= 15 is 0 Å². The normalized spacial score (nSPS) is 20.9. The second-order valence-electron chi connectivity index (χ2n) is 6.65. The Hall–Kier alpha value is -1.32. The van der Waals surface area contributed by atoms with Crippen LogP contribution in [0.15, 0.2) is 29.8 Å². The summed E-state index contributed by atoms with van der Waals surface area (Å²) in [6, 6.07) is 8.08. The molecule has 1 aromatic rings. The minimum Gasteiger partial charge on any atom is -0.497 e. The number of hydrogen-bond acceptors (Lipinski definition) is 3. The smallest absolute Gasteiger partial charge is 0.118 e. The molecule has 1 aliphatic rings. The third-order valence-electron chi connectivity index (χ3n) is 3.98. The predicted molar refractivity (Wildman–Crippen MR) is 82.9 cm³/mol. The molecule has 1 heterocycles. The van der Waals surface area contributed by atoms with Gasteiger partial charge in [0.25, 0.3) is 0 Å². The van der Waals surface area contributed by atoms with E-state index in [0.717, 1.165) is 23.3 Å². The Kier molecular flexibility index (Phi) is 3.94. The van der Waals surface area contributed by atoms with Gasteiger partial charge in [0.15, 0.2) is 0 Å². The van der Waals surface area contributed by atoms with Crippen LogP contribution in [0.5, 0.6) is 5.75 Å². The number of aliphatic hydroxyl groups is 1. The summed E-state index contributed by atoms with van der Waals surface area (Å²) in [5, 5.41) is 13.4. The topological polar surface area (TPSA) is 41.5 Å². The third kappa shape index (κ3) is 2.89. The van der Waals surface area contributed by atoms with Gasteiger partial charge in [0.1, 0.15) is 5.75 Å². The van der Waals surface area contributed by atoms with Gasteiger partial charge in [-0.3, -0.25) is 0 Å². The predicted octanol–water partition coefficient (Wildman–Crippen LogP) is 2.99. The van der Waals surface area contributed by atoms with E-state index in [-0.39, 0.29) is 17.7 Å². The first-order valence-corrected chi connectivity index (χ1v) is 7.06. The summed E-state index contributed by atoms with van der Waals surface area (Å²) >= 11 is 0. The van der Waals surface area contributed by atoms with E-state index in [4.69, 9.17) is 4.74 Å². The van der Waals surface area contributed by atoms with Crippen LogP contribution in [0.2, 0.25) is 0 Å². The van der Waals surface area contributed by atoms with E-state index in [1.165, 1.54) is 5.57 Å². The maximum absolute atomic E-state index is 9.81. The summed E-state index contributed by atoms with van der Waals surface area (Å²) in [5.74, 6) is 0.854. The van der Waals surface area contributed by atoms with Crippen molar-refractivity contribution in [1.82, 2.24) is 5.32 Å². The van der Waals surface area contributed by atoms with Crippen molar-refractivity contribution in [2.45, 2.75) is 45.2 Å². The Morgan fingerprint density at radius 2 is 1.75 bits per heavy atom.